The Morgan fingerprint density at radius 1 is 1.18 bits per heavy atom. The Kier molecular flexibility index (Phi) is 7.02. The van der Waals surface area contributed by atoms with Crippen molar-refractivity contribution in [3.05, 3.63) is 52.2 Å². The number of imide groups is 1. The van der Waals surface area contributed by atoms with Gasteiger partial charge in [0.1, 0.15) is 11.3 Å². The van der Waals surface area contributed by atoms with E-state index in [2.05, 4.69) is 5.32 Å². The molecule has 0 radical (unpaired) electrons. The summed E-state index contributed by atoms with van der Waals surface area (Å²) in [5.41, 5.74) is -0.237. The normalized spacial score (nSPS) is 21.4. The smallest absolute Gasteiger partial charge is 0.325 e. The van der Waals surface area contributed by atoms with Crippen LogP contribution >= 0.6 is 11.3 Å². The van der Waals surface area contributed by atoms with Gasteiger partial charge in [0.05, 0.1) is 7.11 Å². The van der Waals surface area contributed by atoms with Crippen molar-refractivity contribution in [3.8, 4) is 5.75 Å². The van der Waals surface area contributed by atoms with Crippen LogP contribution < -0.4 is 10.1 Å². The number of methoxy groups -OCH3 is 1. The first kappa shape index (κ1) is 23.3. The molecule has 2 aromatic rings. The molecule has 1 N–H and O–H groups in total. The number of likely N-dealkylation sites (tertiary alicyclic amines) is 1. The number of rotatable bonds is 8. The average molecular weight is 470 g/mol. The highest BCUT2D eigenvalue weighted by Gasteiger charge is 2.55. The van der Waals surface area contributed by atoms with Crippen LogP contribution in [0.2, 0.25) is 0 Å². The molecule has 1 aromatic carbocycles. The van der Waals surface area contributed by atoms with Crippen LogP contribution in [0.5, 0.6) is 5.75 Å². The first-order chi connectivity index (χ1) is 16.0. The summed E-state index contributed by atoms with van der Waals surface area (Å²) in [5, 5.41) is 5.08. The van der Waals surface area contributed by atoms with Crippen molar-refractivity contribution in [1.82, 2.24) is 15.1 Å². The number of piperidine rings is 1. The number of benzene rings is 1. The number of amides is 4. The van der Waals surface area contributed by atoms with Gasteiger partial charge in [-0.15, -0.1) is 11.3 Å². The number of ether oxygens (including phenoxy) is 1. The second-order valence-electron chi connectivity index (χ2n) is 8.73. The molecular formula is C25H31N3O4S. The zero-order valence-corrected chi connectivity index (χ0v) is 20.0. The minimum atomic E-state index is -0.865. The third-order valence-electron chi connectivity index (χ3n) is 6.82. The number of hydrogen-bond acceptors (Lipinski definition) is 5. The number of urea groups is 1. The molecule has 2 saturated heterocycles. The van der Waals surface area contributed by atoms with Crippen LogP contribution in [0.25, 0.3) is 0 Å². The van der Waals surface area contributed by atoms with Gasteiger partial charge in [0.2, 0.25) is 0 Å². The first-order valence-electron chi connectivity index (χ1n) is 11.6. The van der Waals surface area contributed by atoms with Gasteiger partial charge in [0, 0.05) is 30.1 Å². The summed E-state index contributed by atoms with van der Waals surface area (Å²) in [5.74, 6) is 0.609. The van der Waals surface area contributed by atoms with Gasteiger partial charge >= 0.3 is 6.03 Å². The van der Waals surface area contributed by atoms with E-state index in [0.29, 0.717) is 56.6 Å². The minimum absolute atomic E-state index is 0.0139. The second kappa shape index (κ2) is 9.95. The molecule has 4 rings (SSSR count). The molecule has 33 heavy (non-hydrogen) atoms. The predicted octanol–water partition coefficient (Wildman–Crippen LogP) is 3.94. The molecule has 1 atom stereocenters. The molecule has 176 valence electrons. The van der Waals surface area contributed by atoms with E-state index in [4.69, 9.17) is 4.74 Å². The largest absolute Gasteiger partial charge is 0.497 e. The number of thiophene rings is 1. The number of hydrogen-bond donors (Lipinski definition) is 1. The Balaban J connectivity index is 1.42. The SMILES string of the molecule is CCCC1(C2CCN(C(=O)c3ccc(OC)cc3)CC2)NC(=O)N(CCc2cccs2)C1=O. The molecule has 7 nitrogen and oxygen atoms in total. The van der Waals surface area contributed by atoms with E-state index >= 15 is 0 Å². The summed E-state index contributed by atoms with van der Waals surface area (Å²) in [4.78, 5) is 43.7. The molecule has 1 aromatic heterocycles. The molecule has 8 heteroatoms. The number of carbonyl (C=O) groups is 3. The van der Waals surface area contributed by atoms with Crippen molar-refractivity contribution in [1.29, 1.82) is 0 Å². The standard InChI is InChI=1S/C25H31N3O4S/c1-3-13-25(23(30)28(24(31)26-25)16-12-21-5-4-17-33-21)19-10-14-27(15-11-19)22(29)18-6-8-20(32-2)9-7-18/h4-9,17,19H,3,10-16H2,1-2H3,(H,26,31). The fraction of sp³-hybridized carbons (Fsp3) is 0.480. The monoisotopic (exact) mass is 469 g/mol. The van der Waals surface area contributed by atoms with Crippen molar-refractivity contribution in [2.75, 3.05) is 26.7 Å². The number of nitrogens with one attached hydrogen (secondary N) is 1. The molecule has 3 heterocycles. The van der Waals surface area contributed by atoms with Crippen molar-refractivity contribution < 1.29 is 19.1 Å². The molecule has 0 bridgehead atoms. The molecule has 2 aliphatic heterocycles. The predicted molar refractivity (Wildman–Crippen MR) is 128 cm³/mol. The molecule has 1 unspecified atom stereocenters. The van der Waals surface area contributed by atoms with Crippen molar-refractivity contribution >= 4 is 29.2 Å². The van der Waals surface area contributed by atoms with Crippen molar-refractivity contribution in [2.45, 2.75) is 44.6 Å². The van der Waals surface area contributed by atoms with Gasteiger partial charge < -0.3 is 15.0 Å². The lowest BCUT2D eigenvalue weighted by molar-refractivity contribution is -0.134. The lowest BCUT2D eigenvalue weighted by Gasteiger charge is -2.41. The fourth-order valence-corrected chi connectivity index (χ4v) is 5.76. The molecule has 0 saturated carbocycles. The maximum Gasteiger partial charge on any atom is 0.325 e. The molecule has 2 aliphatic rings. The lowest BCUT2D eigenvalue weighted by Crippen LogP contribution is -2.56. The summed E-state index contributed by atoms with van der Waals surface area (Å²) in [6.45, 7) is 3.57. The molecule has 0 aliphatic carbocycles. The van der Waals surface area contributed by atoms with Gasteiger partial charge in [0.15, 0.2) is 0 Å². The van der Waals surface area contributed by atoms with Gasteiger partial charge in [-0.2, -0.15) is 0 Å². The van der Waals surface area contributed by atoms with E-state index in [-0.39, 0.29) is 23.8 Å². The highest BCUT2D eigenvalue weighted by atomic mass is 32.1. The molecule has 0 spiro atoms. The summed E-state index contributed by atoms with van der Waals surface area (Å²) in [6, 6.07) is 10.8. The van der Waals surface area contributed by atoms with E-state index in [1.54, 1.807) is 42.7 Å². The summed E-state index contributed by atoms with van der Waals surface area (Å²) in [6.07, 6.45) is 3.47. The van der Waals surface area contributed by atoms with Crippen LogP contribution in [-0.4, -0.2) is 59.9 Å². The van der Waals surface area contributed by atoms with E-state index in [9.17, 15) is 14.4 Å². The Labute approximate surface area is 198 Å². The van der Waals surface area contributed by atoms with Crippen molar-refractivity contribution in [3.63, 3.8) is 0 Å². The maximum absolute atomic E-state index is 13.5. The van der Waals surface area contributed by atoms with E-state index in [1.165, 1.54) is 4.90 Å². The maximum atomic E-state index is 13.5. The summed E-state index contributed by atoms with van der Waals surface area (Å²) in [7, 11) is 1.60. The van der Waals surface area contributed by atoms with Gasteiger partial charge in [-0.3, -0.25) is 14.5 Å². The van der Waals surface area contributed by atoms with Gasteiger partial charge in [0.25, 0.3) is 11.8 Å². The van der Waals surface area contributed by atoms with Crippen LogP contribution in [0.4, 0.5) is 4.79 Å². The van der Waals surface area contributed by atoms with Crippen LogP contribution in [0.3, 0.4) is 0 Å². The Morgan fingerprint density at radius 2 is 1.91 bits per heavy atom. The first-order valence-corrected chi connectivity index (χ1v) is 12.5. The summed E-state index contributed by atoms with van der Waals surface area (Å²) >= 11 is 1.64. The number of nitrogens with zero attached hydrogens (tertiary/aromatic N) is 2. The van der Waals surface area contributed by atoms with Gasteiger partial charge in [-0.1, -0.05) is 19.4 Å². The molecular weight excluding hydrogens is 438 g/mol. The van der Waals surface area contributed by atoms with E-state index in [1.807, 2.05) is 29.3 Å². The number of carbonyl (C=O) groups excluding carboxylic acids is 3. The van der Waals surface area contributed by atoms with E-state index < -0.39 is 5.54 Å². The average Bonchev–Trinajstić information content (AvgIpc) is 3.44. The zero-order chi connectivity index (χ0) is 23.4. The Hall–Kier alpha value is -2.87. The third kappa shape index (κ3) is 4.62. The Bertz CT molecular complexity index is 984. The van der Waals surface area contributed by atoms with E-state index in [0.717, 1.165) is 11.3 Å². The van der Waals surface area contributed by atoms with Crippen LogP contribution in [-0.2, 0) is 11.2 Å². The topological polar surface area (TPSA) is 79.0 Å². The highest BCUT2D eigenvalue weighted by Crippen LogP contribution is 2.37. The zero-order valence-electron chi connectivity index (χ0n) is 19.2. The quantitative estimate of drug-likeness (QED) is 0.594. The van der Waals surface area contributed by atoms with Crippen molar-refractivity contribution in [2.24, 2.45) is 5.92 Å². The summed E-state index contributed by atoms with van der Waals surface area (Å²) < 4.78 is 5.17. The highest BCUT2D eigenvalue weighted by molar-refractivity contribution is 7.09. The third-order valence-corrected chi connectivity index (χ3v) is 7.76. The lowest BCUT2D eigenvalue weighted by atomic mass is 9.74. The Morgan fingerprint density at radius 3 is 2.52 bits per heavy atom. The van der Waals surface area contributed by atoms with Crippen LogP contribution in [0.15, 0.2) is 41.8 Å². The molecule has 2 fully saturated rings. The van der Waals surface area contributed by atoms with Crippen LogP contribution in [0, 0.1) is 5.92 Å². The second-order valence-corrected chi connectivity index (χ2v) is 9.76. The van der Waals surface area contributed by atoms with Gasteiger partial charge in [-0.05, 0) is 67.3 Å². The fourth-order valence-electron chi connectivity index (χ4n) is 5.06. The van der Waals surface area contributed by atoms with Crippen LogP contribution in [0.1, 0.15) is 47.8 Å². The minimum Gasteiger partial charge on any atom is -0.497 e. The molecule has 4 amide bonds. The van der Waals surface area contributed by atoms with Gasteiger partial charge in [-0.25, -0.2) is 4.79 Å².